The van der Waals surface area contributed by atoms with E-state index < -0.39 is 10.8 Å². The van der Waals surface area contributed by atoms with Gasteiger partial charge in [-0.05, 0) is 51.0 Å². The molecule has 2 atom stereocenters. The van der Waals surface area contributed by atoms with Gasteiger partial charge in [0.2, 0.25) is 0 Å². The highest BCUT2D eigenvalue weighted by Gasteiger charge is 2.12. The smallest absolute Gasteiger partial charge is 0.191 e. The quantitative estimate of drug-likeness (QED) is 0.381. The molecular formula is C24H35N3O3S. The van der Waals surface area contributed by atoms with E-state index in [1.807, 2.05) is 69.3 Å². The molecule has 0 bridgehead atoms. The molecule has 0 aliphatic carbocycles. The molecule has 2 aromatic carbocycles. The average molecular weight is 446 g/mol. The summed E-state index contributed by atoms with van der Waals surface area (Å²) in [6, 6.07) is 15.9. The van der Waals surface area contributed by atoms with Crippen molar-refractivity contribution in [1.29, 1.82) is 0 Å². The predicted molar refractivity (Wildman–Crippen MR) is 129 cm³/mol. The van der Waals surface area contributed by atoms with Crippen molar-refractivity contribution in [1.82, 2.24) is 10.6 Å². The second kappa shape index (κ2) is 13.7. The highest BCUT2D eigenvalue weighted by atomic mass is 32.2. The van der Waals surface area contributed by atoms with Gasteiger partial charge in [-0.1, -0.05) is 36.4 Å². The third kappa shape index (κ3) is 8.61. The first-order chi connectivity index (χ1) is 15.1. The molecule has 0 aliphatic heterocycles. The minimum absolute atomic E-state index is 0.0162. The first-order valence-electron chi connectivity index (χ1n) is 10.9. The molecule has 0 aliphatic rings. The fourth-order valence-corrected chi connectivity index (χ4v) is 4.04. The van der Waals surface area contributed by atoms with Gasteiger partial charge in [-0.15, -0.1) is 0 Å². The maximum Gasteiger partial charge on any atom is 0.191 e. The van der Waals surface area contributed by atoms with Crippen LogP contribution in [0.15, 0.2) is 53.5 Å². The molecule has 2 N–H and O–H groups in total. The van der Waals surface area contributed by atoms with E-state index >= 15 is 0 Å². The lowest BCUT2D eigenvalue weighted by molar-refractivity contribution is 0.287. The summed E-state index contributed by atoms with van der Waals surface area (Å²) in [5.74, 6) is 3.29. The number of rotatable bonds is 12. The van der Waals surface area contributed by atoms with Crippen LogP contribution in [0.2, 0.25) is 0 Å². The summed E-state index contributed by atoms with van der Waals surface area (Å²) >= 11 is 0. The molecule has 170 valence electrons. The van der Waals surface area contributed by atoms with Gasteiger partial charge in [0.05, 0.1) is 25.8 Å². The predicted octanol–water partition coefficient (Wildman–Crippen LogP) is 4.05. The monoisotopic (exact) mass is 445 g/mol. The minimum atomic E-state index is -0.943. The van der Waals surface area contributed by atoms with Gasteiger partial charge in [0, 0.05) is 28.9 Å². The number of hydrogen-bond donors (Lipinski definition) is 2. The third-order valence-corrected chi connectivity index (χ3v) is 5.82. The van der Waals surface area contributed by atoms with Crippen molar-refractivity contribution in [3.8, 4) is 11.5 Å². The van der Waals surface area contributed by atoms with Crippen LogP contribution in [0.1, 0.15) is 44.9 Å². The maximum atomic E-state index is 12.4. The summed E-state index contributed by atoms with van der Waals surface area (Å²) in [5.41, 5.74) is 2.16. The summed E-state index contributed by atoms with van der Waals surface area (Å²) in [5, 5.41) is 6.68. The zero-order valence-electron chi connectivity index (χ0n) is 19.0. The Morgan fingerprint density at radius 1 is 1.03 bits per heavy atom. The van der Waals surface area contributed by atoms with Crippen molar-refractivity contribution in [2.45, 2.75) is 39.5 Å². The van der Waals surface area contributed by atoms with Crippen LogP contribution in [0.3, 0.4) is 0 Å². The summed E-state index contributed by atoms with van der Waals surface area (Å²) in [7, 11) is -0.943. The number of benzene rings is 2. The Hall–Kier alpha value is -2.54. The van der Waals surface area contributed by atoms with Gasteiger partial charge in [0.15, 0.2) is 17.5 Å². The fourth-order valence-electron chi connectivity index (χ4n) is 3.04. The van der Waals surface area contributed by atoms with Crippen LogP contribution in [0.4, 0.5) is 0 Å². The number of hydrogen-bond acceptors (Lipinski definition) is 4. The standard InChI is InChI=1S/C24H35N3O3S/c1-5-25-24(26-15-16-31(28)18-20-11-9-8-10-12-20)27-19(4)21-13-14-22(29-6-2)23(17-21)30-7-3/h8-14,17,19H,5-7,15-16,18H2,1-4H3,(H2,25,26,27). The average Bonchev–Trinajstić information content (AvgIpc) is 2.76. The van der Waals surface area contributed by atoms with Crippen molar-refractivity contribution in [2.24, 2.45) is 4.99 Å². The maximum absolute atomic E-state index is 12.4. The van der Waals surface area contributed by atoms with E-state index in [1.54, 1.807) is 0 Å². The van der Waals surface area contributed by atoms with Crippen LogP contribution in [-0.2, 0) is 16.6 Å². The van der Waals surface area contributed by atoms with Gasteiger partial charge >= 0.3 is 0 Å². The Kier molecular flexibility index (Phi) is 10.9. The summed E-state index contributed by atoms with van der Waals surface area (Å²) in [4.78, 5) is 4.61. The molecule has 0 spiro atoms. The van der Waals surface area contributed by atoms with Gasteiger partial charge in [-0.3, -0.25) is 9.20 Å². The van der Waals surface area contributed by atoms with Gasteiger partial charge in [-0.2, -0.15) is 0 Å². The lowest BCUT2D eigenvalue weighted by Gasteiger charge is -2.20. The van der Waals surface area contributed by atoms with Crippen molar-refractivity contribution >= 4 is 16.8 Å². The third-order valence-electron chi connectivity index (χ3n) is 4.52. The van der Waals surface area contributed by atoms with Crippen molar-refractivity contribution in [3.05, 3.63) is 59.7 Å². The van der Waals surface area contributed by atoms with Crippen LogP contribution in [0.5, 0.6) is 11.5 Å². The number of guanidine groups is 1. The largest absolute Gasteiger partial charge is 0.490 e. The Balaban J connectivity index is 1.97. The molecule has 0 fully saturated rings. The molecule has 2 rings (SSSR count). The molecule has 0 saturated carbocycles. The van der Waals surface area contributed by atoms with E-state index in [1.165, 1.54) is 0 Å². The molecule has 7 heteroatoms. The van der Waals surface area contributed by atoms with E-state index in [9.17, 15) is 4.21 Å². The first-order valence-corrected chi connectivity index (χ1v) is 12.4. The van der Waals surface area contributed by atoms with Crippen LogP contribution >= 0.6 is 0 Å². The minimum Gasteiger partial charge on any atom is -0.490 e. The topological polar surface area (TPSA) is 72.0 Å². The van der Waals surface area contributed by atoms with Crippen molar-refractivity contribution in [2.75, 3.05) is 32.1 Å². The van der Waals surface area contributed by atoms with Crippen LogP contribution in [0.25, 0.3) is 0 Å². The Morgan fingerprint density at radius 3 is 2.42 bits per heavy atom. The second-order valence-corrected chi connectivity index (χ2v) is 8.55. The zero-order valence-corrected chi connectivity index (χ0v) is 19.8. The van der Waals surface area contributed by atoms with Gasteiger partial charge in [0.25, 0.3) is 0 Å². The second-order valence-electron chi connectivity index (χ2n) is 6.97. The molecule has 0 radical (unpaired) electrons. The van der Waals surface area contributed by atoms with E-state index in [2.05, 4.69) is 22.5 Å². The lowest BCUT2D eigenvalue weighted by atomic mass is 10.1. The van der Waals surface area contributed by atoms with E-state index in [-0.39, 0.29) is 6.04 Å². The summed E-state index contributed by atoms with van der Waals surface area (Å²) in [6.45, 7) is 10.4. The fraction of sp³-hybridized carbons (Fsp3) is 0.458. The van der Waals surface area contributed by atoms with Gasteiger partial charge < -0.3 is 20.1 Å². The number of nitrogens with zero attached hydrogens (tertiary/aromatic N) is 1. The van der Waals surface area contributed by atoms with E-state index in [0.717, 1.165) is 29.2 Å². The van der Waals surface area contributed by atoms with Crippen LogP contribution < -0.4 is 20.1 Å². The molecule has 0 aromatic heterocycles. The van der Waals surface area contributed by atoms with E-state index in [4.69, 9.17) is 9.47 Å². The molecule has 2 unspecified atom stereocenters. The number of aliphatic imine (C=N–C) groups is 1. The SMILES string of the molecule is CCNC(=NCCS(=O)Cc1ccccc1)NC(C)c1ccc(OCC)c(OCC)c1. The highest BCUT2D eigenvalue weighted by molar-refractivity contribution is 7.84. The van der Waals surface area contributed by atoms with Crippen molar-refractivity contribution < 1.29 is 13.7 Å². The number of ether oxygens (including phenoxy) is 2. The van der Waals surface area contributed by atoms with E-state index in [0.29, 0.717) is 37.2 Å². The first kappa shape index (κ1) is 24.7. The highest BCUT2D eigenvalue weighted by Crippen LogP contribution is 2.30. The van der Waals surface area contributed by atoms with Gasteiger partial charge in [-0.25, -0.2) is 0 Å². The lowest BCUT2D eigenvalue weighted by Crippen LogP contribution is -2.39. The molecule has 0 heterocycles. The van der Waals surface area contributed by atoms with Crippen LogP contribution in [0, 0.1) is 0 Å². The summed E-state index contributed by atoms with van der Waals surface area (Å²) in [6.07, 6.45) is 0. The van der Waals surface area contributed by atoms with Crippen molar-refractivity contribution in [3.63, 3.8) is 0 Å². The molecular weight excluding hydrogens is 410 g/mol. The Morgan fingerprint density at radius 2 is 1.74 bits per heavy atom. The van der Waals surface area contributed by atoms with Gasteiger partial charge in [0.1, 0.15) is 0 Å². The normalized spacial score (nSPS) is 13.4. The molecule has 6 nitrogen and oxygen atoms in total. The Labute approximate surface area is 188 Å². The summed E-state index contributed by atoms with van der Waals surface area (Å²) < 4.78 is 23.7. The molecule has 2 aromatic rings. The van der Waals surface area contributed by atoms with Crippen LogP contribution in [-0.4, -0.2) is 42.2 Å². The molecule has 31 heavy (non-hydrogen) atoms. The zero-order chi connectivity index (χ0) is 22.5. The molecule has 0 amide bonds. The number of nitrogens with one attached hydrogen (secondary N) is 2. The Bertz CT molecular complexity index is 843. The molecule has 0 saturated heterocycles.